The summed E-state index contributed by atoms with van der Waals surface area (Å²) in [5.41, 5.74) is 3.48. The van der Waals surface area contributed by atoms with Gasteiger partial charge in [0.05, 0.1) is 12.2 Å². The number of nitrogens with one attached hydrogen (secondary N) is 2. The van der Waals surface area contributed by atoms with E-state index in [1.807, 2.05) is 60.8 Å². The van der Waals surface area contributed by atoms with Gasteiger partial charge in [0.1, 0.15) is 22.9 Å². The van der Waals surface area contributed by atoms with Gasteiger partial charge in [-0.15, -0.1) is 0 Å². The van der Waals surface area contributed by atoms with Gasteiger partial charge in [0, 0.05) is 22.6 Å². The summed E-state index contributed by atoms with van der Waals surface area (Å²) < 4.78 is 7.63. The van der Waals surface area contributed by atoms with E-state index in [2.05, 4.69) is 31.1 Å². The third-order valence-electron chi connectivity index (χ3n) is 4.64. The van der Waals surface area contributed by atoms with Gasteiger partial charge in [0.15, 0.2) is 0 Å². The number of aryl methyl sites for hydroxylation is 1. The number of hydrogen-bond donors (Lipinski definition) is 2. The van der Waals surface area contributed by atoms with Crippen LogP contribution in [0.2, 0.25) is 0 Å². The lowest BCUT2D eigenvalue weighted by molar-refractivity contribution is 0.340. The maximum Gasteiger partial charge on any atom is 0.258 e. The average Bonchev–Trinajstić information content (AvgIpc) is 2.97. The van der Waals surface area contributed by atoms with E-state index in [4.69, 9.17) is 9.72 Å². The number of pyridine rings is 2. The monoisotopic (exact) mass is 390 g/mol. The number of rotatable bonds is 4. The van der Waals surface area contributed by atoms with E-state index in [-0.39, 0.29) is 11.1 Å². The molecule has 0 amide bonds. The Bertz CT molecular complexity index is 1260. The summed E-state index contributed by atoms with van der Waals surface area (Å²) in [5, 5.41) is 4.43. The second-order valence-electron chi connectivity index (χ2n) is 8.31. The maximum absolute atomic E-state index is 12.9. The van der Waals surface area contributed by atoms with E-state index >= 15 is 0 Å². The van der Waals surface area contributed by atoms with Crippen molar-refractivity contribution < 1.29 is 4.74 Å². The van der Waals surface area contributed by atoms with Crippen LogP contribution < -0.4 is 15.6 Å². The Labute approximate surface area is 169 Å². The summed E-state index contributed by atoms with van der Waals surface area (Å²) in [5.74, 6) is 1.58. The second-order valence-corrected chi connectivity index (χ2v) is 8.31. The van der Waals surface area contributed by atoms with Crippen LogP contribution in [-0.2, 0) is 0 Å². The molecule has 0 aliphatic rings. The van der Waals surface area contributed by atoms with E-state index in [9.17, 15) is 4.79 Å². The van der Waals surface area contributed by atoms with E-state index in [1.54, 1.807) is 0 Å². The highest BCUT2D eigenvalue weighted by molar-refractivity contribution is 5.87. The summed E-state index contributed by atoms with van der Waals surface area (Å²) in [6.45, 7) is 10.8. The van der Waals surface area contributed by atoms with Gasteiger partial charge < -0.3 is 15.0 Å². The van der Waals surface area contributed by atoms with Crippen LogP contribution in [0.4, 0.5) is 5.82 Å². The number of anilines is 1. The van der Waals surface area contributed by atoms with Crippen molar-refractivity contribution in [2.24, 2.45) is 0 Å². The zero-order valence-corrected chi connectivity index (χ0v) is 17.5. The Morgan fingerprint density at radius 1 is 1.17 bits per heavy atom. The Morgan fingerprint density at radius 2 is 1.97 bits per heavy atom. The fourth-order valence-corrected chi connectivity index (χ4v) is 3.43. The highest BCUT2D eigenvalue weighted by atomic mass is 16.5. The Kier molecular flexibility index (Phi) is 4.57. The first-order chi connectivity index (χ1) is 13.7. The Balaban J connectivity index is 1.97. The molecule has 1 aromatic carbocycles. The lowest BCUT2D eigenvalue weighted by Gasteiger charge is -2.22. The number of ether oxygens (including phenoxy) is 1. The molecule has 150 valence electrons. The van der Waals surface area contributed by atoms with Gasteiger partial charge in [0.25, 0.3) is 5.56 Å². The number of fused-ring (bicyclic) bond motifs is 2. The van der Waals surface area contributed by atoms with Gasteiger partial charge in [-0.05, 0) is 70.5 Å². The van der Waals surface area contributed by atoms with Crippen molar-refractivity contribution in [1.82, 2.24) is 14.4 Å². The second kappa shape index (κ2) is 6.95. The van der Waals surface area contributed by atoms with Crippen LogP contribution in [0.3, 0.4) is 0 Å². The van der Waals surface area contributed by atoms with Crippen LogP contribution in [0, 0.1) is 6.92 Å². The summed E-state index contributed by atoms with van der Waals surface area (Å²) in [6.07, 6.45) is 2.03. The largest absolute Gasteiger partial charge is 0.494 e. The summed E-state index contributed by atoms with van der Waals surface area (Å²) in [6, 6.07) is 11.5. The van der Waals surface area contributed by atoms with Gasteiger partial charge in [-0.2, -0.15) is 0 Å². The predicted octanol–water partition coefficient (Wildman–Crippen LogP) is 4.76. The molecule has 0 saturated heterocycles. The molecular formula is C23H26N4O2. The number of nitrogens with zero attached hydrogens (tertiary/aromatic N) is 2. The molecule has 0 atom stereocenters. The van der Waals surface area contributed by atoms with E-state index in [0.29, 0.717) is 17.9 Å². The molecular weight excluding hydrogens is 364 g/mol. The lowest BCUT2D eigenvalue weighted by Crippen LogP contribution is -2.27. The molecule has 6 nitrogen and oxygen atoms in total. The highest BCUT2D eigenvalue weighted by Crippen LogP contribution is 2.31. The minimum Gasteiger partial charge on any atom is -0.494 e. The first kappa shape index (κ1) is 19.1. The fraction of sp³-hybridized carbons (Fsp3) is 0.304. The van der Waals surface area contributed by atoms with Crippen LogP contribution in [0.15, 0.2) is 47.4 Å². The quantitative estimate of drug-likeness (QED) is 0.527. The van der Waals surface area contributed by atoms with Crippen LogP contribution >= 0.6 is 0 Å². The molecule has 3 heterocycles. The third-order valence-corrected chi connectivity index (χ3v) is 4.64. The van der Waals surface area contributed by atoms with Crippen molar-refractivity contribution in [2.75, 3.05) is 11.9 Å². The minimum atomic E-state index is -0.194. The molecule has 0 bridgehead atoms. The van der Waals surface area contributed by atoms with E-state index in [0.717, 1.165) is 33.7 Å². The molecule has 0 aliphatic heterocycles. The molecule has 3 aromatic heterocycles. The Morgan fingerprint density at radius 3 is 2.69 bits per heavy atom. The lowest BCUT2D eigenvalue weighted by atomic mass is 10.1. The first-order valence-corrected chi connectivity index (χ1v) is 9.82. The summed E-state index contributed by atoms with van der Waals surface area (Å²) in [4.78, 5) is 20.7. The zero-order valence-electron chi connectivity index (χ0n) is 17.5. The average molecular weight is 390 g/mol. The van der Waals surface area contributed by atoms with Gasteiger partial charge in [-0.25, -0.2) is 4.98 Å². The minimum absolute atomic E-state index is 0.168. The number of H-pyrrole nitrogens is 1. The van der Waals surface area contributed by atoms with E-state index < -0.39 is 0 Å². The van der Waals surface area contributed by atoms with Crippen LogP contribution in [-0.4, -0.2) is 26.5 Å². The number of imidazole rings is 1. The SMILES string of the molecule is CCOc1ccc2[nH]c(=O)c(-c3nc4ccc(C)cn4c3NC(C)(C)C)cc2c1. The molecule has 0 saturated carbocycles. The predicted molar refractivity (Wildman–Crippen MR) is 118 cm³/mol. The molecule has 2 N–H and O–H groups in total. The zero-order chi connectivity index (χ0) is 20.8. The topological polar surface area (TPSA) is 71.4 Å². The molecule has 0 radical (unpaired) electrons. The van der Waals surface area contributed by atoms with Crippen molar-refractivity contribution in [2.45, 2.75) is 40.2 Å². The van der Waals surface area contributed by atoms with E-state index in [1.165, 1.54) is 0 Å². The first-order valence-electron chi connectivity index (χ1n) is 9.82. The van der Waals surface area contributed by atoms with Crippen LogP contribution in [0.5, 0.6) is 5.75 Å². The van der Waals surface area contributed by atoms with Gasteiger partial charge >= 0.3 is 0 Å². The number of aromatic amines is 1. The fourth-order valence-electron chi connectivity index (χ4n) is 3.43. The van der Waals surface area contributed by atoms with Crippen LogP contribution in [0.25, 0.3) is 27.8 Å². The van der Waals surface area contributed by atoms with Gasteiger partial charge in [0.2, 0.25) is 0 Å². The van der Waals surface area contributed by atoms with Crippen LogP contribution in [0.1, 0.15) is 33.3 Å². The summed E-state index contributed by atoms with van der Waals surface area (Å²) >= 11 is 0. The van der Waals surface area contributed by atoms with Crippen molar-refractivity contribution in [3.05, 3.63) is 58.5 Å². The van der Waals surface area contributed by atoms with Crippen molar-refractivity contribution in [1.29, 1.82) is 0 Å². The standard InChI is InChI=1S/C23H26N4O2/c1-6-29-16-8-9-18-15(11-16)12-17(22(28)24-18)20-21(26-23(3,4)5)27-13-14(2)7-10-19(27)25-20/h7-13,26H,6H2,1-5H3,(H,24,28). The smallest absolute Gasteiger partial charge is 0.258 e. The molecule has 6 heteroatoms. The molecule has 0 fully saturated rings. The van der Waals surface area contributed by atoms with Gasteiger partial charge in [-0.3, -0.25) is 9.20 Å². The number of hydrogen-bond acceptors (Lipinski definition) is 4. The maximum atomic E-state index is 12.9. The normalized spacial score (nSPS) is 11.9. The molecule has 0 spiro atoms. The molecule has 0 unspecified atom stereocenters. The number of aromatic nitrogens is 3. The van der Waals surface area contributed by atoms with Gasteiger partial charge in [-0.1, -0.05) is 6.07 Å². The van der Waals surface area contributed by atoms with Crippen molar-refractivity contribution in [3.63, 3.8) is 0 Å². The number of benzene rings is 1. The Hall–Kier alpha value is -3.28. The van der Waals surface area contributed by atoms with Crippen molar-refractivity contribution >= 4 is 22.4 Å². The molecule has 29 heavy (non-hydrogen) atoms. The summed E-state index contributed by atoms with van der Waals surface area (Å²) in [7, 11) is 0. The molecule has 0 aliphatic carbocycles. The molecule has 4 aromatic rings. The highest BCUT2D eigenvalue weighted by Gasteiger charge is 2.21. The molecule has 4 rings (SSSR count). The third kappa shape index (κ3) is 3.70. The van der Waals surface area contributed by atoms with Crippen molar-refractivity contribution in [3.8, 4) is 17.0 Å².